The first-order valence-electron chi connectivity index (χ1n) is 15.6. The molecular weight excluding hydrogens is 554 g/mol. The average Bonchev–Trinajstić information content (AvgIpc) is 3.27. The molecule has 0 radical (unpaired) electrons. The predicted octanol–water partition coefficient (Wildman–Crippen LogP) is 6.41. The van der Waals surface area contributed by atoms with Gasteiger partial charge in [0, 0.05) is 17.1 Å². The van der Waals surface area contributed by atoms with Gasteiger partial charge in [0.15, 0.2) is 0 Å². The quantitative estimate of drug-likeness (QED) is 0.203. The van der Waals surface area contributed by atoms with E-state index in [2.05, 4.69) is 17.4 Å². The highest BCUT2D eigenvalue weighted by atomic mass is 16.5. The Morgan fingerprint density at radius 2 is 1.59 bits per heavy atom. The Balaban J connectivity index is 1.17. The second-order valence-electron chi connectivity index (χ2n) is 13.1. The van der Waals surface area contributed by atoms with Gasteiger partial charge >= 0.3 is 12.0 Å². The number of amides is 4. The van der Waals surface area contributed by atoms with Crippen LogP contribution in [0.3, 0.4) is 0 Å². The fourth-order valence-electron chi connectivity index (χ4n) is 8.79. The van der Waals surface area contributed by atoms with Crippen molar-refractivity contribution >= 4 is 35.6 Å². The zero-order chi connectivity index (χ0) is 30.7. The summed E-state index contributed by atoms with van der Waals surface area (Å²) in [5.74, 6) is 0.665. The molecule has 2 heterocycles. The van der Waals surface area contributed by atoms with E-state index >= 15 is 0 Å². The number of hydrogen-bond acceptors (Lipinski definition) is 5. The van der Waals surface area contributed by atoms with E-state index in [1.807, 2.05) is 42.7 Å². The molecule has 1 aromatic heterocycles. The lowest BCUT2D eigenvalue weighted by Crippen LogP contribution is -2.54. The number of barbiturate groups is 1. The van der Waals surface area contributed by atoms with Crippen molar-refractivity contribution in [1.29, 1.82) is 0 Å². The van der Waals surface area contributed by atoms with Crippen molar-refractivity contribution in [3.8, 4) is 5.69 Å². The minimum Gasteiger partial charge on any atom is -0.462 e. The van der Waals surface area contributed by atoms with Crippen LogP contribution >= 0.6 is 0 Å². The first-order chi connectivity index (χ1) is 21.2. The lowest BCUT2D eigenvalue weighted by Gasteiger charge is -2.57. The number of nitrogens with zero attached hydrogens (tertiary/aromatic N) is 2. The maximum Gasteiger partial charge on any atom is 0.338 e. The summed E-state index contributed by atoms with van der Waals surface area (Å²) in [4.78, 5) is 53.0. The zero-order valence-electron chi connectivity index (χ0n) is 25.4. The summed E-state index contributed by atoms with van der Waals surface area (Å²) < 4.78 is 7.10. The lowest BCUT2D eigenvalue weighted by molar-refractivity contribution is -0.122. The van der Waals surface area contributed by atoms with E-state index in [1.54, 1.807) is 25.1 Å². The molecule has 4 bridgehead atoms. The van der Waals surface area contributed by atoms with Gasteiger partial charge in [-0.25, -0.2) is 14.5 Å². The number of aromatic nitrogens is 1. The van der Waals surface area contributed by atoms with Crippen LogP contribution in [-0.4, -0.2) is 35.0 Å². The third-order valence-electron chi connectivity index (χ3n) is 10.3. The number of benzene rings is 2. The molecule has 1 N–H and O–H groups in total. The van der Waals surface area contributed by atoms with Crippen molar-refractivity contribution in [2.75, 3.05) is 11.5 Å². The van der Waals surface area contributed by atoms with Gasteiger partial charge in [0.05, 0.1) is 17.9 Å². The van der Waals surface area contributed by atoms with Crippen LogP contribution in [0, 0.1) is 31.6 Å². The summed E-state index contributed by atoms with van der Waals surface area (Å²) in [7, 11) is 0. The molecule has 3 aromatic rings. The van der Waals surface area contributed by atoms with Crippen LogP contribution in [0.5, 0.6) is 0 Å². The fourth-order valence-corrected chi connectivity index (χ4v) is 8.79. The topological polar surface area (TPSA) is 97.7 Å². The van der Waals surface area contributed by atoms with Crippen LogP contribution in [-0.2, 0) is 19.7 Å². The van der Waals surface area contributed by atoms with Gasteiger partial charge in [-0.1, -0.05) is 18.2 Å². The van der Waals surface area contributed by atoms with E-state index in [0.717, 1.165) is 39.7 Å². The van der Waals surface area contributed by atoms with Gasteiger partial charge in [0.2, 0.25) is 0 Å². The summed E-state index contributed by atoms with van der Waals surface area (Å²) >= 11 is 0. The van der Waals surface area contributed by atoms with Crippen molar-refractivity contribution in [1.82, 2.24) is 9.88 Å². The van der Waals surface area contributed by atoms with Crippen LogP contribution in [0.25, 0.3) is 11.8 Å². The molecule has 8 rings (SSSR count). The van der Waals surface area contributed by atoms with Gasteiger partial charge in [-0.15, -0.1) is 0 Å². The molecule has 0 spiro atoms. The summed E-state index contributed by atoms with van der Waals surface area (Å²) in [6, 6.07) is 16.1. The Kier molecular flexibility index (Phi) is 6.83. The number of hydrogen-bond donors (Lipinski definition) is 1. The number of anilines is 1. The molecule has 1 saturated heterocycles. The first kappa shape index (κ1) is 28.3. The lowest BCUT2D eigenvalue weighted by atomic mass is 9.48. The number of rotatable bonds is 6. The second-order valence-corrected chi connectivity index (χ2v) is 13.1. The maximum absolute atomic E-state index is 13.7. The molecule has 5 fully saturated rings. The van der Waals surface area contributed by atoms with Crippen molar-refractivity contribution in [3.63, 3.8) is 0 Å². The highest BCUT2D eigenvalue weighted by molar-refractivity contribution is 6.39. The molecule has 0 unspecified atom stereocenters. The molecule has 44 heavy (non-hydrogen) atoms. The van der Waals surface area contributed by atoms with Gasteiger partial charge in [0.25, 0.3) is 11.8 Å². The van der Waals surface area contributed by atoms with Gasteiger partial charge in [-0.3, -0.25) is 14.9 Å². The maximum atomic E-state index is 13.7. The van der Waals surface area contributed by atoms with E-state index in [4.69, 9.17) is 4.74 Å². The standard InChI is InChI=1S/C36H37N3O5/c1-4-44-34(42)26-6-5-7-30(16-26)38-21(2)12-27(22(38)3)17-31-32(40)37-35(43)39(33(31)41)29-10-8-28(9-11-29)36-18-23-13-24(19-36)15-25(14-23)20-36/h5-12,16-17,23-25H,4,13-15,18-20H2,1-3H3,(H,37,40,43)/b31-17+. The largest absolute Gasteiger partial charge is 0.462 e. The Morgan fingerprint density at radius 1 is 0.932 bits per heavy atom. The Labute approximate surface area is 257 Å². The van der Waals surface area contributed by atoms with Gasteiger partial charge in [0.1, 0.15) is 5.57 Å². The third-order valence-corrected chi connectivity index (χ3v) is 10.3. The average molecular weight is 592 g/mol. The molecular formula is C36H37N3O5. The SMILES string of the molecule is CCOC(=O)c1cccc(-n2c(C)cc(/C=C3\C(=O)NC(=O)N(c4ccc(C56CC7CC(CC(C7)C5)C6)cc4)C3=O)c2C)c1. The highest BCUT2D eigenvalue weighted by Gasteiger charge is 2.51. The number of carbonyl (C=O) groups is 4. The summed E-state index contributed by atoms with van der Waals surface area (Å²) in [6.07, 6.45) is 9.33. The molecule has 4 amide bonds. The number of imide groups is 2. The molecule has 8 nitrogen and oxygen atoms in total. The molecule has 2 aromatic carbocycles. The monoisotopic (exact) mass is 591 g/mol. The number of esters is 1. The normalized spacial score (nSPS) is 26.8. The molecule has 226 valence electrons. The Hall–Kier alpha value is -4.46. The molecule has 0 atom stereocenters. The number of ether oxygens (including phenoxy) is 1. The number of carbonyl (C=O) groups excluding carboxylic acids is 4. The van der Waals surface area contributed by atoms with Crippen LogP contribution in [0.2, 0.25) is 0 Å². The van der Waals surface area contributed by atoms with Crippen molar-refractivity contribution < 1.29 is 23.9 Å². The third kappa shape index (κ3) is 4.68. The number of nitrogens with one attached hydrogen (secondary N) is 1. The van der Waals surface area contributed by atoms with Crippen molar-refractivity contribution in [2.45, 2.75) is 64.7 Å². The van der Waals surface area contributed by atoms with E-state index in [1.165, 1.54) is 50.2 Å². The zero-order valence-corrected chi connectivity index (χ0v) is 25.4. The van der Waals surface area contributed by atoms with Gasteiger partial charge in [-0.2, -0.15) is 0 Å². The Morgan fingerprint density at radius 3 is 2.23 bits per heavy atom. The summed E-state index contributed by atoms with van der Waals surface area (Å²) in [5, 5.41) is 2.36. The van der Waals surface area contributed by atoms with E-state index < -0.39 is 23.8 Å². The van der Waals surface area contributed by atoms with Gasteiger partial charge < -0.3 is 9.30 Å². The van der Waals surface area contributed by atoms with Crippen LogP contribution in [0.4, 0.5) is 10.5 Å². The number of aryl methyl sites for hydroxylation is 1. The smallest absolute Gasteiger partial charge is 0.338 e. The number of urea groups is 1. The fraction of sp³-hybridized carbons (Fsp3) is 0.389. The van der Waals surface area contributed by atoms with Gasteiger partial charge in [-0.05, 0) is 136 Å². The molecule has 4 aliphatic carbocycles. The highest BCUT2D eigenvalue weighted by Crippen LogP contribution is 2.60. The predicted molar refractivity (Wildman–Crippen MR) is 166 cm³/mol. The van der Waals surface area contributed by atoms with Crippen LogP contribution < -0.4 is 10.2 Å². The van der Waals surface area contributed by atoms with E-state index in [9.17, 15) is 19.2 Å². The minimum absolute atomic E-state index is 0.115. The summed E-state index contributed by atoms with van der Waals surface area (Å²) in [6.45, 7) is 5.84. The van der Waals surface area contributed by atoms with Crippen LogP contribution in [0.1, 0.15) is 78.3 Å². The second kappa shape index (κ2) is 10.6. The Bertz CT molecular complexity index is 1700. The molecule has 5 aliphatic rings. The molecule has 1 aliphatic heterocycles. The van der Waals surface area contributed by atoms with E-state index in [-0.39, 0.29) is 17.6 Å². The summed E-state index contributed by atoms with van der Waals surface area (Å²) in [5.41, 5.74) is 5.32. The molecule has 8 heteroatoms. The minimum atomic E-state index is -0.749. The van der Waals surface area contributed by atoms with Crippen molar-refractivity contribution in [3.05, 3.63) is 88.2 Å². The van der Waals surface area contributed by atoms with Crippen molar-refractivity contribution in [2.24, 2.45) is 17.8 Å². The van der Waals surface area contributed by atoms with Crippen LogP contribution in [0.15, 0.2) is 60.2 Å². The first-order valence-corrected chi connectivity index (χ1v) is 15.6. The van der Waals surface area contributed by atoms with E-state index in [0.29, 0.717) is 16.8 Å². The molecule has 4 saturated carbocycles.